The van der Waals surface area contributed by atoms with E-state index in [-0.39, 0.29) is 31.4 Å². The fourth-order valence-corrected chi connectivity index (χ4v) is 5.51. The summed E-state index contributed by atoms with van der Waals surface area (Å²) in [6.07, 6.45) is 3.09. The third-order valence-electron chi connectivity index (χ3n) is 7.17. The summed E-state index contributed by atoms with van der Waals surface area (Å²) in [7, 11) is 0. The third kappa shape index (κ3) is 4.53. The number of aliphatic carboxylic acids is 1. The monoisotopic (exact) mass is 476 g/mol. The molecule has 2 aromatic carbocycles. The number of amides is 2. The van der Waals surface area contributed by atoms with E-state index in [1.165, 1.54) is 4.90 Å². The highest BCUT2D eigenvalue weighted by Gasteiger charge is 2.41. The van der Waals surface area contributed by atoms with E-state index in [9.17, 15) is 24.6 Å². The van der Waals surface area contributed by atoms with Crippen LogP contribution in [0.5, 0.6) is 0 Å². The molecular weight excluding hydrogens is 448 g/mol. The second kappa shape index (κ2) is 9.54. The van der Waals surface area contributed by atoms with Crippen LogP contribution in [0.3, 0.4) is 0 Å². The number of likely N-dealkylation sites (tertiary alicyclic amines) is 1. The molecule has 1 fully saturated rings. The molecule has 0 radical (unpaired) electrons. The largest absolute Gasteiger partial charge is 0.480 e. The van der Waals surface area contributed by atoms with Gasteiger partial charge in [-0.1, -0.05) is 60.7 Å². The van der Waals surface area contributed by atoms with Crippen molar-refractivity contribution in [2.75, 3.05) is 13.2 Å². The summed E-state index contributed by atoms with van der Waals surface area (Å²) < 4.78 is 5.61. The molecule has 2 aromatic rings. The first kappa shape index (κ1) is 23.1. The van der Waals surface area contributed by atoms with Crippen LogP contribution in [0.25, 0.3) is 11.1 Å². The number of benzene rings is 2. The van der Waals surface area contributed by atoms with Gasteiger partial charge in [-0.3, -0.25) is 4.79 Å². The molecule has 8 heteroatoms. The van der Waals surface area contributed by atoms with E-state index in [0.29, 0.717) is 12.8 Å². The summed E-state index contributed by atoms with van der Waals surface area (Å²) in [6.45, 7) is 0.213. The zero-order valence-corrected chi connectivity index (χ0v) is 19.2. The molecule has 3 N–H and O–H groups in total. The van der Waals surface area contributed by atoms with Gasteiger partial charge >= 0.3 is 12.1 Å². The predicted octanol–water partition coefficient (Wildman–Crippen LogP) is 2.91. The van der Waals surface area contributed by atoms with Gasteiger partial charge in [0.25, 0.3) is 0 Å². The summed E-state index contributed by atoms with van der Waals surface area (Å²) >= 11 is 0. The zero-order valence-electron chi connectivity index (χ0n) is 19.2. The minimum Gasteiger partial charge on any atom is -0.480 e. The average molecular weight is 477 g/mol. The fraction of sp³-hybridized carbons (Fsp3) is 0.370. The van der Waals surface area contributed by atoms with Crippen LogP contribution in [-0.4, -0.2) is 64.4 Å². The van der Waals surface area contributed by atoms with Crippen LogP contribution in [-0.2, 0) is 14.3 Å². The fourth-order valence-electron chi connectivity index (χ4n) is 5.51. The Bertz CT molecular complexity index is 1130. The highest BCUT2D eigenvalue weighted by Crippen LogP contribution is 2.44. The first-order valence-corrected chi connectivity index (χ1v) is 11.9. The number of ether oxygens (including phenoxy) is 1. The van der Waals surface area contributed by atoms with Crippen molar-refractivity contribution in [1.82, 2.24) is 10.2 Å². The Kier molecular flexibility index (Phi) is 6.30. The molecule has 1 aliphatic heterocycles. The van der Waals surface area contributed by atoms with Crippen LogP contribution < -0.4 is 5.32 Å². The molecule has 182 valence electrons. The lowest BCUT2D eigenvalue weighted by atomic mass is 9.89. The number of carboxylic acid groups (broad SMARTS) is 1. The van der Waals surface area contributed by atoms with Crippen molar-refractivity contribution < 1.29 is 29.3 Å². The summed E-state index contributed by atoms with van der Waals surface area (Å²) in [4.78, 5) is 38.4. The van der Waals surface area contributed by atoms with Gasteiger partial charge in [0.15, 0.2) is 0 Å². The molecule has 4 atom stereocenters. The van der Waals surface area contributed by atoms with Crippen LogP contribution in [0.15, 0.2) is 60.7 Å². The molecule has 2 amide bonds. The van der Waals surface area contributed by atoms with E-state index in [1.54, 1.807) is 0 Å². The maximum absolute atomic E-state index is 13.0. The first-order valence-electron chi connectivity index (χ1n) is 11.9. The number of hydrogen-bond donors (Lipinski definition) is 3. The summed E-state index contributed by atoms with van der Waals surface area (Å²) in [5, 5.41) is 22.1. The maximum atomic E-state index is 13.0. The van der Waals surface area contributed by atoms with Crippen LogP contribution in [0.2, 0.25) is 0 Å². The Morgan fingerprint density at radius 1 is 1.00 bits per heavy atom. The number of allylic oxidation sites excluding steroid dienone is 1. The summed E-state index contributed by atoms with van der Waals surface area (Å²) in [6, 6.07) is 14.8. The Labute approximate surface area is 203 Å². The van der Waals surface area contributed by atoms with Crippen LogP contribution in [0, 0.1) is 5.92 Å². The smallest absolute Gasteiger partial charge is 0.407 e. The minimum atomic E-state index is -1.12. The second-order valence-corrected chi connectivity index (χ2v) is 9.41. The molecule has 1 heterocycles. The van der Waals surface area contributed by atoms with E-state index < -0.39 is 36.2 Å². The lowest BCUT2D eigenvalue weighted by Crippen LogP contribution is -2.46. The quantitative estimate of drug-likeness (QED) is 0.572. The van der Waals surface area contributed by atoms with Crippen LogP contribution >= 0.6 is 0 Å². The van der Waals surface area contributed by atoms with Gasteiger partial charge in [-0.2, -0.15) is 0 Å². The van der Waals surface area contributed by atoms with Crippen molar-refractivity contribution in [1.29, 1.82) is 0 Å². The zero-order chi connectivity index (χ0) is 24.5. The molecule has 0 spiro atoms. The maximum Gasteiger partial charge on any atom is 0.407 e. The highest BCUT2D eigenvalue weighted by molar-refractivity contribution is 5.86. The summed E-state index contributed by atoms with van der Waals surface area (Å²) in [5.41, 5.74) is 4.57. The number of nitrogens with one attached hydrogen (secondary N) is 1. The standard InChI is InChI=1S/C27H28N2O6/c30-18-13-24(26(32)33)29(14-18)25(31)16-6-5-7-17(12-16)28-27(34)35-15-23-21-10-3-1-8-19(21)20-9-2-4-11-22(20)23/h1-5,7-11,16-18,23-24,30H,6,12-15H2,(H,28,34)(H,32,33)/t16-,17-,18+,24+/m1/s1. The Morgan fingerprint density at radius 2 is 1.66 bits per heavy atom. The lowest BCUT2D eigenvalue weighted by Gasteiger charge is -2.30. The molecule has 0 unspecified atom stereocenters. The Balaban J connectivity index is 1.19. The SMILES string of the molecule is O=C(N[C@@H]1C=CC[C@@H](C(=O)N2C[C@@H](O)C[C@H]2C(=O)O)C1)OCC1c2ccccc2-c2ccccc21. The van der Waals surface area contributed by atoms with Crippen molar-refractivity contribution in [3.63, 3.8) is 0 Å². The summed E-state index contributed by atoms with van der Waals surface area (Å²) in [5.74, 6) is -1.93. The van der Waals surface area contributed by atoms with Crippen molar-refractivity contribution in [3.05, 3.63) is 71.8 Å². The van der Waals surface area contributed by atoms with Crippen molar-refractivity contribution in [3.8, 4) is 11.1 Å². The number of rotatable bonds is 5. The van der Waals surface area contributed by atoms with E-state index in [4.69, 9.17) is 4.74 Å². The van der Waals surface area contributed by atoms with E-state index in [0.717, 1.165) is 22.3 Å². The van der Waals surface area contributed by atoms with Gasteiger partial charge in [0.2, 0.25) is 5.91 Å². The van der Waals surface area contributed by atoms with Gasteiger partial charge in [0.1, 0.15) is 12.6 Å². The molecule has 8 nitrogen and oxygen atoms in total. The van der Waals surface area contributed by atoms with Crippen LogP contribution in [0.1, 0.15) is 36.3 Å². The molecule has 3 aliphatic rings. The third-order valence-corrected chi connectivity index (χ3v) is 7.17. The number of aliphatic hydroxyl groups is 1. The molecular formula is C27H28N2O6. The Hall–Kier alpha value is -3.65. The number of alkyl carbamates (subject to hydrolysis) is 1. The van der Waals surface area contributed by atoms with Gasteiger partial charge in [-0.15, -0.1) is 0 Å². The molecule has 1 saturated heterocycles. The molecule has 35 heavy (non-hydrogen) atoms. The highest BCUT2D eigenvalue weighted by atomic mass is 16.5. The number of carboxylic acids is 1. The predicted molar refractivity (Wildman–Crippen MR) is 128 cm³/mol. The molecule has 0 aromatic heterocycles. The van der Waals surface area contributed by atoms with E-state index in [2.05, 4.69) is 29.6 Å². The molecule has 5 rings (SSSR count). The van der Waals surface area contributed by atoms with Gasteiger partial charge in [0, 0.05) is 24.8 Å². The number of fused-ring (bicyclic) bond motifs is 3. The minimum absolute atomic E-state index is 0.0144. The topological polar surface area (TPSA) is 116 Å². The number of carbonyl (C=O) groups excluding carboxylic acids is 2. The molecule has 0 bridgehead atoms. The molecule has 2 aliphatic carbocycles. The second-order valence-electron chi connectivity index (χ2n) is 9.41. The van der Waals surface area contributed by atoms with Crippen molar-refractivity contribution in [2.24, 2.45) is 5.92 Å². The van der Waals surface area contributed by atoms with Gasteiger partial charge in [-0.25, -0.2) is 9.59 Å². The van der Waals surface area contributed by atoms with E-state index >= 15 is 0 Å². The van der Waals surface area contributed by atoms with Crippen LogP contribution in [0.4, 0.5) is 4.79 Å². The lowest BCUT2D eigenvalue weighted by molar-refractivity contribution is -0.150. The van der Waals surface area contributed by atoms with Gasteiger partial charge < -0.3 is 25.2 Å². The van der Waals surface area contributed by atoms with Gasteiger partial charge in [-0.05, 0) is 35.1 Å². The number of nitrogens with zero attached hydrogens (tertiary/aromatic N) is 1. The average Bonchev–Trinajstić information content (AvgIpc) is 3.41. The van der Waals surface area contributed by atoms with Crippen molar-refractivity contribution >= 4 is 18.0 Å². The normalized spacial score (nSPS) is 25.1. The number of carbonyl (C=O) groups is 3. The first-order chi connectivity index (χ1) is 16.9. The number of aliphatic hydroxyl groups excluding tert-OH is 1. The molecule has 0 saturated carbocycles. The van der Waals surface area contributed by atoms with Crippen molar-refractivity contribution in [2.45, 2.75) is 43.4 Å². The number of hydrogen-bond acceptors (Lipinski definition) is 5. The number of β-amino-alcohol motifs (C(OH)–C–C–N with tert-alkyl or cyclic N) is 1. The van der Waals surface area contributed by atoms with E-state index in [1.807, 2.05) is 36.4 Å². The van der Waals surface area contributed by atoms with Gasteiger partial charge in [0.05, 0.1) is 12.1 Å². The Morgan fingerprint density at radius 3 is 2.31 bits per heavy atom.